The van der Waals surface area contributed by atoms with Gasteiger partial charge in [0.2, 0.25) is 5.91 Å². The van der Waals surface area contributed by atoms with Gasteiger partial charge in [-0.25, -0.2) is 4.98 Å². The predicted molar refractivity (Wildman–Crippen MR) is 165 cm³/mol. The third kappa shape index (κ3) is 3.40. The van der Waals surface area contributed by atoms with E-state index in [4.69, 9.17) is 4.98 Å². The molecule has 2 fully saturated rings. The Morgan fingerprint density at radius 3 is 2.48 bits per heavy atom. The number of fused-ring (bicyclic) bond motifs is 5. The molecular formula is C33H38N8O. The minimum Gasteiger partial charge on any atom is -0.339 e. The van der Waals surface area contributed by atoms with Crippen molar-refractivity contribution < 1.29 is 4.79 Å². The van der Waals surface area contributed by atoms with E-state index in [0.29, 0.717) is 0 Å². The van der Waals surface area contributed by atoms with Crippen LogP contribution in [-0.4, -0.2) is 66.0 Å². The molecule has 9 heteroatoms. The molecule has 1 saturated carbocycles. The quantitative estimate of drug-likeness (QED) is 0.317. The van der Waals surface area contributed by atoms with E-state index in [1.165, 1.54) is 19.3 Å². The molecule has 1 N–H and O–H groups in total. The number of H-pyrrole nitrogens is 1. The molecule has 1 aliphatic carbocycles. The molecule has 9 nitrogen and oxygen atoms in total. The lowest BCUT2D eigenvalue weighted by molar-refractivity contribution is -0.125. The van der Waals surface area contributed by atoms with Crippen molar-refractivity contribution in [3.05, 3.63) is 48.5 Å². The van der Waals surface area contributed by atoms with E-state index in [2.05, 4.69) is 52.1 Å². The highest BCUT2D eigenvalue weighted by atomic mass is 16.2. The molecule has 216 valence electrons. The number of pyridine rings is 1. The van der Waals surface area contributed by atoms with Crippen LogP contribution in [0, 0.1) is 5.92 Å². The highest BCUT2D eigenvalue weighted by Gasteiger charge is 2.54. The van der Waals surface area contributed by atoms with E-state index in [9.17, 15) is 4.79 Å². The zero-order valence-corrected chi connectivity index (χ0v) is 25.1. The summed E-state index contributed by atoms with van der Waals surface area (Å²) in [6, 6.07) is 6.51. The van der Waals surface area contributed by atoms with Gasteiger partial charge in [-0.15, -0.1) is 0 Å². The molecule has 1 aromatic carbocycles. The van der Waals surface area contributed by atoms with Crippen LogP contribution < -0.4 is 4.90 Å². The SMILES string of the molecule is CN1C(=O)C2(CCN(C(C)(C)C3CCC3)CC2)c2c1cnc1[nH]c(-c3cnn(C)c3)c(-c3ccc4c(cnn4C)c3)c21. The van der Waals surface area contributed by atoms with Crippen molar-refractivity contribution in [2.75, 3.05) is 25.0 Å². The monoisotopic (exact) mass is 562 g/mol. The van der Waals surface area contributed by atoms with Crippen LogP contribution in [0.5, 0.6) is 0 Å². The first-order chi connectivity index (χ1) is 20.2. The van der Waals surface area contributed by atoms with Crippen molar-refractivity contribution in [1.82, 2.24) is 34.4 Å². The Morgan fingerprint density at radius 1 is 1.00 bits per heavy atom. The van der Waals surface area contributed by atoms with Crippen LogP contribution in [0.2, 0.25) is 0 Å². The number of hydrogen-bond acceptors (Lipinski definition) is 5. The summed E-state index contributed by atoms with van der Waals surface area (Å²) >= 11 is 0. The van der Waals surface area contributed by atoms with Gasteiger partial charge in [0.25, 0.3) is 0 Å². The fourth-order valence-electron chi connectivity index (χ4n) is 8.10. The van der Waals surface area contributed by atoms with Gasteiger partial charge >= 0.3 is 0 Å². The number of amides is 1. The number of likely N-dealkylation sites (tertiary alicyclic amines) is 1. The number of piperidine rings is 1. The van der Waals surface area contributed by atoms with E-state index in [0.717, 1.165) is 87.4 Å². The summed E-state index contributed by atoms with van der Waals surface area (Å²) in [6.45, 7) is 6.66. The lowest BCUT2D eigenvalue weighted by Gasteiger charge is -2.51. The zero-order chi connectivity index (χ0) is 29.0. The van der Waals surface area contributed by atoms with Gasteiger partial charge in [-0.1, -0.05) is 12.5 Å². The summed E-state index contributed by atoms with van der Waals surface area (Å²) in [4.78, 5) is 27.4. The van der Waals surface area contributed by atoms with Gasteiger partial charge in [0.05, 0.1) is 40.9 Å². The van der Waals surface area contributed by atoms with Gasteiger partial charge in [0.1, 0.15) is 5.65 Å². The number of benzene rings is 1. The van der Waals surface area contributed by atoms with Gasteiger partial charge < -0.3 is 9.88 Å². The molecule has 3 aliphatic rings. The summed E-state index contributed by atoms with van der Waals surface area (Å²) in [6.07, 6.45) is 13.3. The molecule has 1 spiro atoms. The van der Waals surface area contributed by atoms with E-state index < -0.39 is 5.41 Å². The number of aryl methyl sites for hydroxylation is 2. The van der Waals surface area contributed by atoms with Gasteiger partial charge in [0.15, 0.2) is 0 Å². The predicted octanol–water partition coefficient (Wildman–Crippen LogP) is 5.41. The molecule has 8 rings (SSSR count). The van der Waals surface area contributed by atoms with E-state index >= 15 is 0 Å². The van der Waals surface area contributed by atoms with Crippen molar-refractivity contribution in [2.24, 2.45) is 20.0 Å². The second-order valence-electron chi connectivity index (χ2n) is 13.3. The molecule has 0 radical (unpaired) electrons. The summed E-state index contributed by atoms with van der Waals surface area (Å²) in [5.41, 5.74) is 7.68. The molecular weight excluding hydrogens is 524 g/mol. The Kier molecular flexibility index (Phi) is 5.37. The topological polar surface area (TPSA) is 87.9 Å². The number of carbonyl (C=O) groups excluding carboxylic acids is 1. The standard InChI is InChI=1S/C33H38N8O/c1-32(2,23-7-6-8-23)41-13-11-33(12-14-41)28-25(39(4)31(33)42)18-34-30-27(28)26(29(37-30)22-17-35-38(3)19-22)20-9-10-24-21(15-20)16-36-40(24)5/h9-10,15-19,23H,6-8,11-14H2,1-5H3,(H,34,37). The largest absolute Gasteiger partial charge is 0.339 e. The smallest absolute Gasteiger partial charge is 0.237 e. The van der Waals surface area contributed by atoms with Crippen LogP contribution in [0.15, 0.2) is 43.0 Å². The maximum atomic E-state index is 14.3. The average molecular weight is 563 g/mol. The molecule has 1 amide bonds. The number of nitrogens with zero attached hydrogens (tertiary/aromatic N) is 7. The van der Waals surface area contributed by atoms with Gasteiger partial charge in [0, 0.05) is 73.4 Å². The van der Waals surface area contributed by atoms with Gasteiger partial charge in [-0.05, 0) is 63.1 Å². The normalized spacial score (nSPS) is 19.4. The van der Waals surface area contributed by atoms with Crippen LogP contribution in [0.4, 0.5) is 5.69 Å². The van der Waals surface area contributed by atoms with Crippen molar-refractivity contribution in [3.63, 3.8) is 0 Å². The van der Waals surface area contributed by atoms with E-state index in [-0.39, 0.29) is 11.4 Å². The second kappa shape index (κ2) is 8.77. The highest BCUT2D eigenvalue weighted by molar-refractivity contribution is 6.16. The summed E-state index contributed by atoms with van der Waals surface area (Å²) in [5, 5.41) is 11.1. The highest BCUT2D eigenvalue weighted by Crippen LogP contribution is 2.54. The number of hydrogen-bond donors (Lipinski definition) is 1. The molecule has 0 bridgehead atoms. The average Bonchev–Trinajstić information content (AvgIpc) is 3.69. The number of rotatable bonds is 4. The third-order valence-corrected chi connectivity index (χ3v) is 10.9. The fourth-order valence-corrected chi connectivity index (χ4v) is 8.10. The van der Waals surface area contributed by atoms with Crippen molar-refractivity contribution >= 4 is 33.5 Å². The molecule has 2 aliphatic heterocycles. The van der Waals surface area contributed by atoms with Crippen molar-refractivity contribution in [1.29, 1.82) is 0 Å². The van der Waals surface area contributed by atoms with Crippen LogP contribution in [0.25, 0.3) is 44.3 Å². The third-order valence-electron chi connectivity index (χ3n) is 10.9. The van der Waals surface area contributed by atoms with E-state index in [1.807, 2.05) is 60.2 Å². The number of carbonyl (C=O) groups is 1. The fraction of sp³-hybridized carbons (Fsp3) is 0.455. The number of anilines is 1. The summed E-state index contributed by atoms with van der Waals surface area (Å²) in [5.74, 6) is 0.947. The summed E-state index contributed by atoms with van der Waals surface area (Å²) in [7, 11) is 5.82. The number of aromatic amines is 1. The minimum absolute atomic E-state index is 0.162. The summed E-state index contributed by atoms with van der Waals surface area (Å²) < 4.78 is 3.72. The first-order valence-electron chi connectivity index (χ1n) is 15.2. The minimum atomic E-state index is -0.570. The number of aromatic nitrogens is 6. The van der Waals surface area contributed by atoms with Gasteiger partial charge in [-0.3, -0.25) is 19.1 Å². The molecule has 42 heavy (non-hydrogen) atoms. The van der Waals surface area contributed by atoms with Crippen LogP contribution in [-0.2, 0) is 24.3 Å². The molecule has 1 saturated heterocycles. The zero-order valence-electron chi connectivity index (χ0n) is 25.1. The maximum Gasteiger partial charge on any atom is 0.237 e. The van der Waals surface area contributed by atoms with Crippen molar-refractivity contribution in [3.8, 4) is 22.4 Å². The van der Waals surface area contributed by atoms with Crippen LogP contribution >= 0.6 is 0 Å². The Morgan fingerprint density at radius 2 is 1.79 bits per heavy atom. The Balaban J connectivity index is 1.34. The first-order valence-corrected chi connectivity index (χ1v) is 15.2. The lowest BCUT2D eigenvalue weighted by atomic mass is 9.68. The van der Waals surface area contributed by atoms with Crippen LogP contribution in [0.3, 0.4) is 0 Å². The van der Waals surface area contributed by atoms with Crippen LogP contribution in [0.1, 0.15) is 51.5 Å². The molecule has 5 aromatic rings. The number of likely N-dealkylation sites (N-methyl/N-ethyl adjacent to an activating group) is 1. The molecule has 6 heterocycles. The Hall–Kier alpha value is -3.98. The van der Waals surface area contributed by atoms with Crippen molar-refractivity contribution in [2.45, 2.75) is 56.9 Å². The number of nitrogens with one attached hydrogen (secondary N) is 1. The molecule has 0 atom stereocenters. The Bertz CT molecular complexity index is 1880. The van der Waals surface area contributed by atoms with E-state index in [1.54, 1.807) is 0 Å². The molecule has 0 unspecified atom stereocenters. The second-order valence-corrected chi connectivity index (χ2v) is 13.3. The van der Waals surface area contributed by atoms with Gasteiger partial charge in [-0.2, -0.15) is 10.2 Å². The maximum absolute atomic E-state index is 14.3. The molecule has 4 aromatic heterocycles. The first kappa shape index (κ1) is 25.7. The lowest BCUT2D eigenvalue weighted by Crippen LogP contribution is -2.57. The Labute approximate surface area is 245 Å².